The Kier molecular flexibility index (Phi) is 3.56. The molecule has 2 heterocycles. The fraction of sp³-hybridized carbons (Fsp3) is 0.364. The minimum absolute atomic E-state index is 0.00779. The van der Waals surface area contributed by atoms with E-state index in [0.29, 0.717) is 12.3 Å². The maximum absolute atomic E-state index is 13.3. The van der Waals surface area contributed by atoms with Crippen LogP contribution in [0.4, 0.5) is 22.0 Å². The number of carbonyl (C=O) groups is 1. The molecule has 0 aliphatic heterocycles. The van der Waals surface area contributed by atoms with Gasteiger partial charge in [0.05, 0.1) is 6.61 Å². The Hall–Kier alpha value is -2.26. The normalized spacial score (nSPS) is 12.7. The molecule has 114 valence electrons. The second kappa shape index (κ2) is 4.93. The Morgan fingerprint density at radius 2 is 1.90 bits per heavy atom. The number of pyridine rings is 1. The molecule has 0 spiro atoms. The molecule has 0 aliphatic carbocycles. The van der Waals surface area contributed by atoms with E-state index in [4.69, 9.17) is 0 Å². The highest BCUT2D eigenvalue weighted by atomic mass is 19.4. The standard InChI is InChI=1S/C11H8F5N3O2/c1-2-21-9(20)8-18-17-7-4-3-6(5-19(7)8)10(12,13)11(14,15)16/h3-5H,2H2,1H3. The topological polar surface area (TPSA) is 56.5 Å². The van der Waals surface area contributed by atoms with Gasteiger partial charge in [-0.1, -0.05) is 0 Å². The Bertz CT molecular complexity index is 680. The predicted octanol–water partition coefficient (Wildman–Crippen LogP) is 2.56. The fourth-order valence-corrected chi connectivity index (χ4v) is 1.58. The van der Waals surface area contributed by atoms with Crippen molar-refractivity contribution in [3.05, 3.63) is 29.7 Å². The van der Waals surface area contributed by atoms with Gasteiger partial charge in [-0.15, -0.1) is 10.2 Å². The summed E-state index contributed by atoms with van der Waals surface area (Å²) < 4.78 is 68.9. The van der Waals surface area contributed by atoms with Crippen LogP contribution in [0.5, 0.6) is 0 Å². The van der Waals surface area contributed by atoms with E-state index < -0.39 is 29.5 Å². The first-order valence-electron chi connectivity index (χ1n) is 5.65. The largest absolute Gasteiger partial charge is 0.460 e. The summed E-state index contributed by atoms with van der Waals surface area (Å²) in [6, 6.07) is 1.48. The lowest BCUT2D eigenvalue weighted by Gasteiger charge is -2.19. The summed E-state index contributed by atoms with van der Waals surface area (Å²) in [5.74, 6) is -6.51. The molecule has 0 saturated heterocycles. The second-order valence-electron chi connectivity index (χ2n) is 3.96. The minimum Gasteiger partial charge on any atom is -0.460 e. The van der Waals surface area contributed by atoms with Crippen LogP contribution in [0.25, 0.3) is 5.65 Å². The molecule has 0 bridgehead atoms. The average molecular weight is 309 g/mol. The van der Waals surface area contributed by atoms with Crippen molar-refractivity contribution < 1.29 is 31.5 Å². The van der Waals surface area contributed by atoms with E-state index >= 15 is 0 Å². The molecular weight excluding hydrogens is 301 g/mol. The fourth-order valence-electron chi connectivity index (χ4n) is 1.58. The average Bonchev–Trinajstić information content (AvgIpc) is 2.80. The molecule has 2 aromatic heterocycles. The molecule has 10 heteroatoms. The van der Waals surface area contributed by atoms with E-state index in [0.717, 1.165) is 10.5 Å². The minimum atomic E-state index is -5.75. The van der Waals surface area contributed by atoms with Gasteiger partial charge in [-0.05, 0) is 19.1 Å². The number of hydrogen-bond acceptors (Lipinski definition) is 4. The Labute approximate surface area is 114 Å². The van der Waals surface area contributed by atoms with Crippen LogP contribution >= 0.6 is 0 Å². The number of alkyl halides is 5. The zero-order chi connectivity index (χ0) is 15.8. The molecule has 0 atom stereocenters. The maximum Gasteiger partial charge on any atom is 0.458 e. The molecule has 5 nitrogen and oxygen atoms in total. The summed E-state index contributed by atoms with van der Waals surface area (Å²) in [5.41, 5.74) is -1.38. The van der Waals surface area contributed by atoms with Gasteiger partial charge in [-0.25, -0.2) is 4.79 Å². The molecule has 0 saturated carbocycles. The molecular formula is C11H8F5N3O2. The van der Waals surface area contributed by atoms with Crippen molar-refractivity contribution >= 4 is 11.6 Å². The first kappa shape index (κ1) is 15.1. The maximum atomic E-state index is 13.3. The van der Waals surface area contributed by atoms with Gasteiger partial charge >= 0.3 is 18.1 Å². The lowest BCUT2D eigenvalue weighted by molar-refractivity contribution is -0.289. The van der Waals surface area contributed by atoms with Crippen molar-refractivity contribution in [2.24, 2.45) is 0 Å². The number of fused-ring (bicyclic) bond motifs is 1. The Morgan fingerprint density at radius 3 is 2.48 bits per heavy atom. The van der Waals surface area contributed by atoms with Crippen LogP contribution in [-0.4, -0.2) is 33.4 Å². The summed E-state index contributed by atoms with van der Waals surface area (Å²) in [6.07, 6.45) is -5.28. The van der Waals surface area contributed by atoms with Crippen LogP contribution in [0.2, 0.25) is 0 Å². The smallest absolute Gasteiger partial charge is 0.458 e. The number of carbonyl (C=O) groups excluding carboxylic acids is 1. The SMILES string of the molecule is CCOC(=O)c1nnc2ccc(C(F)(F)C(F)(F)F)cn12. The molecule has 0 fully saturated rings. The van der Waals surface area contributed by atoms with Crippen molar-refractivity contribution in [1.82, 2.24) is 14.6 Å². The van der Waals surface area contributed by atoms with Gasteiger partial charge in [0, 0.05) is 11.8 Å². The molecule has 0 aliphatic rings. The Balaban J connectivity index is 2.55. The van der Waals surface area contributed by atoms with Gasteiger partial charge in [0.15, 0.2) is 5.65 Å². The molecule has 0 radical (unpaired) electrons. The summed E-state index contributed by atoms with van der Waals surface area (Å²) in [5, 5.41) is 6.90. The van der Waals surface area contributed by atoms with E-state index in [1.54, 1.807) is 0 Å². The van der Waals surface area contributed by atoms with Crippen molar-refractivity contribution in [1.29, 1.82) is 0 Å². The van der Waals surface area contributed by atoms with Gasteiger partial charge in [0.1, 0.15) is 0 Å². The van der Waals surface area contributed by atoms with Crippen molar-refractivity contribution in [3.8, 4) is 0 Å². The van der Waals surface area contributed by atoms with E-state index in [2.05, 4.69) is 14.9 Å². The third-order valence-electron chi connectivity index (χ3n) is 2.58. The van der Waals surface area contributed by atoms with Crippen LogP contribution < -0.4 is 0 Å². The molecule has 21 heavy (non-hydrogen) atoms. The van der Waals surface area contributed by atoms with Gasteiger partial charge in [-0.3, -0.25) is 4.40 Å². The van der Waals surface area contributed by atoms with Crippen molar-refractivity contribution in [3.63, 3.8) is 0 Å². The molecule has 0 N–H and O–H groups in total. The summed E-state index contributed by atoms with van der Waals surface area (Å²) in [4.78, 5) is 11.5. The van der Waals surface area contributed by atoms with Crippen molar-refractivity contribution in [2.45, 2.75) is 19.0 Å². The van der Waals surface area contributed by atoms with Crippen LogP contribution in [0.1, 0.15) is 23.1 Å². The molecule has 0 amide bonds. The van der Waals surface area contributed by atoms with E-state index in [-0.39, 0.29) is 12.3 Å². The van der Waals surface area contributed by atoms with Gasteiger partial charge in [0.2, 0.25) is 5.82 Å². The molecule has 0 aromatic carbocycles. The van der Waals surface area contributed by atoms with Crippen LogP contribution in [0, 0.1) is 0 Å². The highest BCUT2D eigenvalue weighted by Gasteiger charge is 2.58. The first-order chi connectivity index (χ1) is 9.68. The monoisotopic (exact) mass is 309 g/mol. The molecule has 2 aromatic rings. The van der Waals surface area contributed by atoms with E-state index in [1.807, 2.05) is 0 Å². The number of ether oxygens (including phenoxy) is 1. The zero-order valence-corrected chi connectivity index (χ0v) is 10.5. The number of nitrogens with zero attached hydrogens (tertiary/aromatic N) is 3. The van der Waals surface area contributed by atoms with Crippen LogP contribution in [-0.2, 0) is 10.7 Å². The third kappa shape index (κ3) is 2.52. The number of halogens is 5. The first-order valence-corrected chi connectivity index (χ1v) is 5.65. The molecule has 2 rings (SSSR count). The summed E-state index contributed by atoms with van der Waals surface area (Å²) in [6.45, 7) is 1.50. The summed E-state index contributed by atoms with van der Waals surface area (Å²) in [7, 11) is 0. The quantitative estimate of drug-likeness (QED) is 0.646. The zero-order valence-electron chi connectivity index (χ0n) is 10.5. The highest BCUT2D eigenvalue weighted by Crippen LogP contribution is 2.43. The summed E-state index contributed by atoms with van der Waals surface area (Å²) >= 11 is 0. The lowest BCUT2D eigenvalue weighted by Crippen LogP contribution is -2.33. The van der Waals surface area contributed by atoms with E-state index in [9.17, 15) is 26.7 Å². The number of hydrogen-bond donors (Lipinski definition) is 0. The highest BCUT2D eigenvalue weighted by molar-refractivity contribution is 5.86. The second-order valence-corrected chi connectivity index (χ2v) is 3.96. The number of esters is 1. The third-order valence-corrected chi connectivity index (χ3v) is 2.58. The Morgan fingerprint density at radius 1 is 1.24 bits per heavy atom. The van der Waals surface area contributed by atoms with Crippen LogP contribution in [0.15, 0.2) is 18.3 Å². The predicted molar refractivity (Wildman–Crippen MR) is 58.9 cm³/mol. The number of aromatic nitrogens is 3. The van der Waals surface area contributed by atoms with Gasteiger partial charge in [0.25, 0.3) is 0 Å². The number of rotatable bonds is 3. The molecule has 0 unspecified atom stereocenters. The van der Waals surface area contributed by atoms with E-state index in [1.165, 1.54) is 6.92 Å². The lowest BCUT2D eigenvalue weighted by atomic mass is 10.1. The van der Waals surface area contributed by atoms with Crippen molar-refractivity contribution in [2.75, 3.05) is 6.61 Å². The van der Waals surface area contributed by atoms with Crippen LogP contribution in [0.3, 0.4) is 0 Å². The van der Waals surface area contributed by atoms with Gasteiger partial charge in [-0.2, -0.15) is 22.0 Å². The van der Waals surface area contributed by atoms with Gasteiger partial charge < -0.3 is 4.74 Å².